The van der Waals surface area contributed by atoms with Crippen molar-refractivity contribution >= 4 is 34.0 Å². The van der Waals surface area contributed by atoms with E-state index >= 15 is 0 Å². The van der Waals surface area contributed by atoms with E-state index in [0.29, 0.717) is 11.1 Å². The van der Waals surface area contributed by atoms with Gasteiger partial charge in [0.2, 0.25) is 0 Å². The molecule has 0 unspecified atom stereocenters. The summed E-state index contributed by atoms with van der Waals surface area (Å²) in [5, 5.41) is 8.21. The third kappa shape index (κ3) is 4.82. The molecular formula is C30H20F4N4O. The highest BCUT2D eigenvalue weighted by Crippen LogP contribution is 2.40. The van der Waals surface area contributed by atoms with E-state index in [1.807, 2.05) is 0 Å². The van der Waals surface area contributed by atoms with Crippen LogP contribution in [0, 0.1) is 11.2 Å². The molecule has 39 heavy (non-hydrogen) atoms. The van der Waals surface area contributed by atoms with Crippen molar-refractivity contribution in [2.75, 3.05) is 4.90 Å². The molecule has 5 aromatic rings. The van der Waals surface area contributed by atoms with Crippen LogP contribution >= 0.6 is 0 Å². The summed E-state index contributed by atoms with van der Waals surface area (Å²) in [7, 11) is 0. The molecule has 4 aromatic carbocycles. The van der Waals surface area contributed by atoms with Gasteiger partial charge in [0, 0.05) is 34.0 Å². The molecule has 0 saturated carbocycles. The van der Waals surface area contributed by atoms with Crippen molar-refractivity contribution in [3.63, 3.8) is 0 Å². The predicted octanol–water partition coefficient (Wildman–Crippen LogP) is 7.32. The van der Waals surface area contributed by atoms with Gasteiger partial charge in [-0.1, -0.05) is 66.7 Å². The third-order valence-corrected chi connectivity index (χ3v) is 6.21. The van der Waals surface area contributed by atoms with Crippen LogP contribution in [-0.2, 0) is 6.18 Å². The molecule has 5 nitrogen and oxygen atoms in total. The minimum absolute atomic E-state index is 0.0154. The van der Waals surface area contributed by atoms with Crippen LogP contribution in [0.25, 0.3) is 22.0 Å². The number of halogens is 4. The van der Waals surface area contributed by atoms with Gasteiger partial charge in [-0.25, -0.2) is 4.39 Å². The molecule has 5 rings (SSSR count). The Hall–Kier alpha value is -5.05. The molecule has 0 atom stereocenters. The Balaban J connectivity index is 1.79. The number of hydrogen-bond donors (Lipinski definition) is 2. The number of guanidine groups is 1. The quantitative estimate of drug-likeness (QED) is 0.108. The van der Waals surface area contributed by atoms with Crippen molar-refractivity contribution < 1.29 is 22.4 Å². The van der Waals surface area contributed by atoms with Crippen molar-refractivity contribution in [2.45, 2.75) is 6.18 Å². The van der Waals surface area contributed by atoms with Gasteiger partial charge < -0.3 is 5.73 Å². The summed E-state index contributed by atoms with van der Waals surface area (Å²) in [6, 6.07) is 24.1. The zero-order valence-electron chi connectivity index (χ0n) is 20.2. The van der Waals surface area contributed by atoms with Crippen LogP contribution in [0.4, 0.5) is 28.9 Å². The summed E-state index contributed by atoms with van der Waals surface area (Å²) in [6.07, 6.45) is -3.53. The average Bonchev–Trinajstić information content (AvgIpc) is 2.93. The highest BCUT2D eigenvalue weighted by atomic mass is 19.4. The highest BCUT2D eigenvalue weighted by Gasteiger charge is 2.34. The van der Waals surface area contributed by atoms with E-state index in [9.17, 15) is 22.4 Å². The molecule has 0 saturated heterocycles. The Morgan fingerprint density at radius 1 is 0.872 bits per heavy atom. The second kappa shape index (κ2) is 10.0. The number of fused-ring (bicyclic) bond motifs is 1. The maximum atomic E-state index is 14.7. The van der Waals surface area contributed by atoms with Gasteiger partial charge in [-0.2, -0.15) is 13.2 Å². The van der Waals surface area contributed by atoms with E-state index in [1.54, 1.807) is 60.7 Å². The molecule has 0 bridgehead atoms. The normalized spacial score (nSPS) is 11.4. The molecule has 0 amide bonds. The molecule has 194 valence electrons. The number of benzene rings is 4. The van der Waals surface area contributed by atoms with Gasteiger partial charge in [0.05, 0.1) is 16.8 Å². The number of nitrogens with two attached hydrogens (primary N) is 1. The number of ketones is 1. The molecule has 1 heterocycles. The van der Waals surface area contributed by atoms with Gasteiger partial charge in [-0.3, -0.25) is 20.1 Å². The van der Waals surface area contributed by atoms with Crippen LogP contribution < -0.4 is 10.6 Å². The van der Waals surface area contributed by atoms with Crippen LogP contribution in [0.15, 0.2) is 103 Å². The van der Waals surface area contributed by atoms with Crippen molar-refractivity contribution in [3.05, 3.63) is 126 Å². The summed E-state index contributed by atoms with van der Waals surface area (Å²) < 4.78 is 56.3. The Kier molecular flexibility index (Phi) is 6.57. The van der Waals surface area contributed by atoms with Gasteiger partial charge >= 0.3 is 6.18 Å². The molecule has 1 aromatic heterocycles. The van der Waals surface area contributed by atoms with Crippen molar-refractivity contribution in [2.24, 2.45) is 5.73 Å². The summed E-state index contributed by atoms with van der Waals surface area (Å²) in [5.41, 5.74) is 5.87. The summed E-state index contributed by atoms with van der Waals surface area (Å²) in [5.74, 6) is -1.53. The number of hydrogen-bond acceptors (Lipinski definition) is 3. The molecule has 0 aliphatic rings. The minimum atomic E-state index is -4.67. The summed E-state index contributed by atoms with van der Waals surface area (Å²) in [4.78, 5) is 18.8. The fraction of sp³-hybridized carbons (Fsp3) is 0.0333. The lowest BCUT2D eigenvalue weighted by Gasteiger charge is -2.24. The van der Waals surface area contributed by atoms with Gasteiger partial charge in [0.15, 0.2) is 11.7 Å². The summed E-state index contributed by atoms with van der Waals surface area (Å²) in [6.45, 7) is 0. The van der Waals surface area contributed by atoms with E-state index in [4.69, 9.17) is 11.1 Å². The molecule has 0 fully saturated rings. The lowest BCUT2D eigenvalue weighted by Crippen LogP contribution is -2.32. The molecule has 0 spiro atoms. The lowest BCUT2D eigenvalue weighted by atomic mass is 9.91. The Morgan fingerprint density at radius 3 is 2.26 bits per heavy atom. The number of aromatic nitrogens is 1. The smallest absolute Gasteiger partial charge is 0.369 e. The number of pyridine rings is 1. The predicted molar refractivity (Wildman–Crippen MR) is 143 cm³/mol. The zero-order valence-corrected chi connectivity index (χ0v) is 20.2. The standard InChI is InChI=1S/C30H20F4N4O/c31-24-14-4-5-15-25(24)38(29(35)36)20-11-6-10-19(16-20)26-21-12-7-13-23(30(32,33)34)27(21)37-17-22(26)28(39)18-8-2-1-3-9-18/h1-17H,(H3,35,36). The topological polar surface area (TPSA) is 83.1 Å². The highest BCUT2D eigenvalue weighted by molar-refractivity contribution is 6.17. The fourth-order valence-corrected chi connectivity index (χ4v) is 4.52. The number of anilines is 2. The largest absolute Gasteiger partial charge is 0.418 e. The SMILES string of the molecule is N=C(N)N(c1cccc(-c2c(C(=O)c3ccccc3)cnc3c(C(F)(F)F)cccc23)c1)c1ccccc1F. The van der Waals surface area contributed by atoms with Gasteiger partial charge in [0.25, 0.3) is 0 Å². The number of rotatable bonds is 5. The van der Waals surface area contributed by atoms with E-state index in [1.165, 1.54) is 35.2 Å². The van der Waals surface area contributed by atoms with Crippen molar-refractivity contribution in [1.29, 1.82) is 5.41 Å². The van der Waals surface area contributed by atoms with Crippen LogP contribution in [0.5, 0.6) is 0 Å². The molecule has 3 N–H and O–H groups in total. The Morgan fingerprint density at radius 2 is 1.56 bits per heavy atom. The number of nitrogens with one attached hydrogen (secondary N) is 1. The number of nitrogens with zero attached hydrogens (tertiary/aromatic N) is 2. The zero-order chi connectivity index (χ0) is 27.7. The van der Waals surface area contributed by atoms with E-state index in [0.717, 1.165) is 12.3 Å². The Bertz CT molecular complexity index is 1720. The van der Waals surface area contributed by atoms with Crippen molar-refractivity contribution in [1.82, 2.24) is 4.98 Å². The van der Waals surface area contributed by atoms with Crippen LogP contribution in [-0.4, -0.2) is 16.7 Å². The van der Waals surface area contributed by atoms with Gasteiger partial charge in [-0.15, -0.1) is 0 Å². The van der Waals surface area contributed by atoms with Crippen LogP contribution in [0.3, 0.4) is 0 Å². The minimum Gasteiger partial charge on any atom is -0.369 e. The molecule has 9 heteroatoms. The second-order valence-corrected chi connectivity index (χ2v) is 8.66. The Labute approximate surface area is 220 Å². The van der Waals surface area contributed by atoms with Crippen LogP contribution in [0.2, 0.25) is 0 Å². The first kappa shape index (κ1) is 25.6. The second-order valence-electron chi connectivity index (χ2n) is 8.66. The van der Waals surface area contributed by atoms with Gasteiger partial charge in [0.1, 0.15) is 5.82 Å². The van der Waals surface area contributed by atoms with E-state index in [-0.39, 0.29) is 33.4 Å². The maximum Gasteiger partial charge on any atom is 0.418 e. The molecular weight excluding hydrogens is 508 g/mol. The third-order valence-electron chi connectivity index (χ3n) is 6.21. The van der Waals surface area contributed by atoms with Gasteiger partial charge in [-0.05, 0) is 35.9 Å². The maximum absolute atomic E-state index is 14.7. The number of para-hydroxylation sites is 2. The first-order chi connectivity index (χ1) is 18.7. The first-order valence-corrected chi connectivity index (χ1v) is 11.7. The monoisotopic (exact) mass is 528 g/mol. The average molecular weight is 529 g/mol. The molecule has 0 aliphatic heterocycles. The van der Waals surface area contributed by atoms with Crippen molar-refractivity contribution in [3.8, 4) is 11.1 Å². The molecule has 0 aliphatic carbocycles. The van der Waals surface area contributed by atoms with Crippen LogP contribution in [0.1, 0.15) is 21.5 Å². The van der Waals surface area contributed by atoms with E-state index in [2.05, 4.69) is 4.98 Å². The number of carbonyl (C=O) groups is 1. The number of carbonyl (C=O) groups excluding carboxylic acids is 1. The van der Waals surface area contributed by atoms with E-state index < -0.39 is 29.3 Å². The summed E-state index contributed by atoms with van der Waals surface area (Å²) >= 11 is 0. The lowest BCUT2D eigenvalue weighted by molar-refractivity contribution is -0.136. The molecule has 0 radical (unpaired) electrons. The first-order valence-electron chi connectivity index (χ1n) is 11.7. The fourth-order valence-electron chi connectivity index (χ4n) is 4.52. The number of alkyl halides is 3.